The number of ketones is 1. The molecule has 0 amide bonds. The van der Waals surface area contributed by atoms with E-state index in [1.54, 1.807) is 0 Å². The first-order valence-electron chi connectivity index (χ1n) is 4.92. The van der Waals surface area contributed by atoms with Crippen molar-refractivity contribution in [1.29, 1.82) is 0 Å². The minimum atomic E-state index is 0.0490. The van der Waals surface area contributed by atoms with Gasteiger partial charge in [0.05, 0.1) is 6.61 Å². The molecular formula is C12H16O2. The van der Waals surface area contributed by atoms with Gasteiger partial charge in [-0.2, -0.15) is 0 Å². The molecule has 0 bridgehead atoms. The van der Waals surface area contributed by atoms with Crippen LogP contribution in [-0.2, 0) is 0 Å². The molecule has 0 fully saturated rings. The van der Waals surface area contributed by atoms with Gasteiger partial charge in [0.15, 0.2) is 5.78 Å². The zero-order chi connectivity index (χ0) is 10.6. The lowest BCUT2D eigenvalue weighted by atomic mass is 10.0. The van der Waals surface area contributed by atoms with Crippen molar-refractivity contribution in [2.45, 2.75) is 20.8 Å². The molecule has 0 saturated heterocycles. The molecule has 76 valence electrons. The minimum Gasteiger partial charge on any atom is -0.494 e. The third kappa shape index (κ3) is 2.59. The Hall–Kier alpha value is -1.31. The van der Waals surface area contributed by atoms with E-state index in [4.69, 9.17) is 4.74 Å². The Kier molecular flexibility index (Phi) is 3.69. The second-order valence-corrected chi connectivity index (χ2v) is 3.48. The van der Waals surface area contributed by atoms with E-state index < -0.39 is 0 Å². The topological polar surface area (TPSA) is 26.3 Å². The predicted molar refractivity (Wildman–Crippen MR) is 56.8 cm³/mol. The maximum atomic E-state index is 11.6. The summed E-state index contributed by atoms with van der Waals surface area (Å²) < 4.78 is 5.29. The molecule has 2 nitrogen and oxygen atoms in total. The molecular weight excluding hydrogens is 176 g/mol. The van der Waals surface area contributed by atoms with Crippen LogP contribution in [0.4, 0.5) is 0 Å². The average molecular weight is 192 g/mol. The summed E-state index contributed by atoms with van der Waals surface area (Å²) in [7, 11) is 0. The maximum Gasteiger partial charge on any atom is 0.165 e. The molecule has 1 rings (SSSR count). The summed E-state index contributed by atoms with van der Waals surface area (Å²) in [5.74, 6) is 1.04. The molecule has 1 aromatic rings. The van der Waals surface area contributed by atoms with Gasteiger partial charge >= 0.3 is 0 Å². The molecule has 0 aliphatic carbocycles. The van der Waals surface area contributed by atoms with E-state index in [9.17, 15) is 4.79 Å². The molecule has 0 saturated carbocycles. The van der Waals surface area contributed by atoms with Gasteiger partial charge in [0.2, 0.25) is 0 Å². The fourth-order valence-corrected chi connectivity index (χ4v) is 1.22. The average Bonchev–Trinajstić information content (AvgIpc) is 2.18. The van der Waals surface area contributed by atoms with Crippen LogP contribution in [0.1, 0.15) is 31.1 Å². The summed E-state index contributed by atoms with van der Waals surface area (Å²) in [6.45, 7) is 6.39. The SMILES string of the molecule is CCOc1ccc(C(=O)C(C)C)cc1. The Morgan fingerprint density at radius 1 is 1.29 bits per heavy atom. The quantitative estimate of drug-likeness (QED) is 0.685. The molecule has 2 heteroatoms. The first-order valence-corrected chi connectivity index (χ1v) is 4.92. The highest BCUT2D eigenvalue weighted by Crippen LogP contribution is 2.14. The second-order valence-electron chi connectivity index (χ2n) is 3.48. The zero-order valence-corrected chi connectivity index (χ0v) is 8.91. The van der Waals surface area contributed by atoms with Crippen LogP contribution >= 0.6 is 0 Å². The standard InChI is InChI=1S/C12H16O2/c1-4-14-11-7-5-10(6-8-11)12(13)9(2)3/h5-9H,4H2,1-3H3. The Morgan fingerprint density at radius 2 is 1.86 bits per heavy atom. The van der Waals surface area contributed by atoms with Gasteiger partial charge in [0, 0.05) is 11.5 Å². The lowest BCUT2D eigenvalue weighted by molar-refractivity contribution is 0.0939. The largest absolute Gasteiger partial charge is 0.494 e. The smallest absolute Gasteiger partial charge is 0.165 e. The molecule has 0 atom stereocenters. The minimum absolute atomic E-state index is 0.0490. The Bertz CT molecular complexity index is 299. The van der Waals surface area contributed by atoms with Gasteiger partial charge < -0.3 is 4.74 Å². The molecule has 0 heterocycles. The van der Waals surface area contributed by atoms with Crippen LogP contribution in [0.5, 0.6) is 5.75 Å². The van der Waals surface area contributed by atoms with Crippen molar-refractivity contribution in [1.82, 2.24) is 0 Å². The van der Waals surface area contributed by atoms with Gasteiger partial charge in [-0.15, -0.1) is 0 Å². The number of rotatable bonds is 4. The van der Waals surface area contributed by atoms with Crippen LogP contribution in [0.2, 0.25) is 0 Å². The summed E-state index contributed by atoms with van der Waals surface area (Å²) >= 11 is 0. The third-order valence-corrected chi connectivity index (χ3v) is 1.97. The lowest BCUT2D eigenvalue weighted by Gasteiger charge is -2.06. The van der Waals surface area contributed by atoms with E-state index in [1.807, 2.05) is 45.0 Å². The van der Waals surface area contributed by atoms with Crippen LogP contribution in [0.15, 0.2) is 24.3 Å². The summed E-state index contributed by atoms with van der Waals surface area (Å²) in [4.78, 5) is 11.6. The summed E-state index contributed by atoms with van der Waals surface area (Å²) in [5.41, 5.74) is 0.753. The summed E-state index contributed by atoms with van der Waals surface area (Å²) in [6, 6.07) is 7.29. The fourth-order valence-electron chi connectivity index (χ4n) is 1.22. The first kappa shape index (κ1) is 10.8. The van der Waals surface area contributed by atoms with Gasteiger partial charge in [0.1, 0.15) is 5.75 Å². The molecule has 0 unspecified atom stereocenters. The predicted octanol–water partition coefficient (Wildman–Crippen LogP) is 2.92. The van der Waals surface area contributed by atoms with Crippen LogP contribution in [0.25, 0.3) is 0 Å². The van der Waals surface area contributed by atoms with E-state index in [-0.39, 0.29) is 11.7 Å². The molecule has 0 radical (unpaired) electrons. The van der Waals surface area contributed by atoms with Gasteiger partial charge in [-0.05, 0) is 31.2 Å². The molecule has 0 N–H and O–H groups in total. The Balaban J connectivity index is 2.78. The monoisotopic (exact) mass is 192 g/mol. The van der Waals surface area contributed by atoms with Gasteiger partial charge in [0.25, 0.3) is 0 Å². The van der Waals surface area contributed by atoms with E-state index in [0.29, 0.717) is 6.61 Å². The zero-order valence-electron chi connectivity index (χ0n) is 8.91. The van der Waals surface area contributed by atoms with Crippen LogP contribution in [-0.4, -0.2) is 12.4 Å². The van der Waals surface area contributed by atoms with Gasteiger partial charge in [-0.3, -0.25) is 4.79 Å². The highest BCUT2D eigenvalue weighted by Gasteiger charge is 2.09. The Morgan fingerprint density at radius 3 is 2.29 bits per heavy atom. The molecule has 0 aromatic heterocycles. The van der Waals surface area contributed by atoms with Crippen molar-refractivity contribution in [2.75, 3.05) is 6.61 Å². The number of benzene rings is 1. The molecule has 1 aromatic carbocycles. The molecule has 0 spiro atoms. The maximum absolute atomic E-state index is 11.6. The lowest BCUT2D eigenvalue weighted by Crippen LogP contribution is -2.07. The van der Waals surface area contributed by atoms with Crippen molar-refractivity contribution in [3.05, 3.63) is 29.8 Å². The van der Waals surface area contributed by atoms with Crippen molar-refractivity contribution in [3.63, 3.8) is 0 Å². The van der Waals surface area contributed by atoms with E-state index in [2.05, 4.69) is 0 Å². The highest BCUT2D eigenvalue weighted by molar-refractivity contribution is 5.97. The van der Waals surface area contributed by atoms with Gasteiger partial charge in [-0.1, -0.05) is 13.8 Å². The highest BCUT2D eigenvalue weighted by atomic mass is 16.5. The third-order valence-electron chi connectivity index (χ3n) is 1.97. The number of hydrogen-bond donors (Lipinski definition) is 0. The van der Waals surface area contributed by atoms with Crippen molar-refractivity contribution < 1.29 is 9.53 Å². The number of carbonyl (C=O) groups excluding carboxylic acids is 1. The molecule has 0 aliphatic heterocycles. The number of carbonyl (C=O) groups is 1. The Labute approximate surface area is 84.9 Å². The molecule has 0 aliphatic rings. The second kappa shape index (κ2) is 4.80. The fraction of sp³-hybridized carbons (Fsp3) is 0.417. The van der Waals surface area contributed by atoms with Crippen molar-refractivity contribution in [2.24, 2.45) is 5.92 Å². The van der Waals surface area contributed by atoms with Crippen LogP contribution in [0.3, 0.4) is 0 Å². The van der Waals surface area contributed by atoms with E-state index in [1.165, 1.54) is 0 Å². The van der Waals surface area contributed by atoms with Gasteiger partial charge in [-0.25, -0.2) is 0 Å². The summed E-state index contributed by atoms with van der Waals surface area (Å²) in [6.07, 6.45) is 0. The number of Topliss-reactive ketones (excluding diaryl/α,β-unsaturated/α-hetero) is 1. The number of hydrogen-bond acceptors (Lipinski definition) is 2. The van der Waals surface area contributed by atoms with Crippen LogP contribution in [0, 0.1) is 5.92 Å². The normalized spacial score (nSPS) is 10.3. The van der Waals surface area contributed by atoms with Crippen molar-refractivity contribution >= 4 is 5.78 Å². The first-order chi connectivity index (χ1) is 6.65. The number of ether oxygens (including phenoxy) is 1. The van der Waals surface area contributed by atoms with E-state index in [0.717, 1.165) is 11.3 Å². The van der Waals surface area contributed by atoms with Crippen LogP contribution < -0.4 is 4.74 Å². The van der Waals surface area contributed by atoms with E-state index >= 15 is 0 Å². The van der Waals surface area contributed by atoms with Crippen molar-refractivity contribution in [3.8, 4) is 5.75 Å². The summed E-state index contributed by atoms with van der Waals surface area (Å²) in [5, 5.41) is 0. The molecule has 14 heavy (non-hydrogen) atoms.